The molecule has 0 saturated carbocycles. The van der Waals surface area contributed by atoms with Gasteiger partial charge in [-0.1, -0.05) is 42.5 Å². The van der Waals surface area contributed by atoms with Gasteiger partial charge in [-0.15, -0.1) is 0 Å². The van der Waals surface area contributed by atoms with Crippen molar-refractivity contribution in [2.24, 2.45) is 0 Å². The van der Waals surface area contributed by atoms with Gasteiger partial charge in [-0.25, -0.2) is 4.79 Å². The van der Waals surface area contributed by atoms with E-state index in [1.807, 2.05) is 42.7 Å². The molecule has 0 bridgehead atoms. The first-order valence-corrected chi connectivity index (χ1v) is 10.00. The Kier molecular flexibility index (Phi) is 6.70. The van der Waals surface area contributed by atoms with E-state index in [9.17, 15) is 14.4 Å². The Hall–Kier alpha value is -3.67. The van der Waals surface area contributed by atoms with Crippen LogP contribution in [0.2, 0.25) is 0 Å². The normalized spacial score (nSPS) is 11.6. The molecule has 0 aliphatic heterocycles. The summed E-state index contributed by atoms with van der Waals surface area (Å²) in [5.41, 5.74) is 3.49. The lowest BCUT2D eigenvalue weighted by Gasteiger charge is -2.18. The number of aromatic nitrogens is 1. The highest BCUT2D eigenvalue weighted by Crippen LogP contribution is 2.24. The van der Waals surface area contributed by atoms with Crippen molar-refractivity contribution in [2.75, 3.05) is 0 Å². The monoisotopic (exact) mass is 419 g/mol. The Bertz CT molecular complexity index is 1100. The summed E-state index contributed by atoms with van der Waals surface area (Å²) >= 11 is 0. The van der Waals surface area contributed by atoms with E-state index >= 15 is 0 Å². The Morgan fingerprint density at radius 2 is 1.61 bits per heavy atom. The van der Waals surface area contributed by atoms with Crippen molar-refractivity contribution in [3.63, 3.8) is 0 Å². The van der Waals surface area contributed by atoms with Crippen molar-refractivity contribution < 1.29 is 23.9 Å². The fourth-order valence-electron chi connectivity index (χ4n) is 3.55. The van der Waals surface area contributed by atoms with E-state index in [1.54, 1.807) is 43.3 Å². The molecule has 0 N–H and O–H groups in total. The predicted molar refractivity (Wildman–Crippen MR) is 116 cm³/mol. The SMILES string of the molecule is CC(=O)Oc1ccc(COC(=O)C(C)n2c(C)cc(C(=O)c3ccccc3)c2C)cc1. The van der Waals surface area contributed by atoms with Crippen LogP contribution in [0.3, 0.4) is 0 Å². The number of benzene rings is 2. The lowest BCUT2D eigenvalue weighted by molar-refractivity contribution is -0.148. The van der Waals surface area contributed by atoms with E-state index < -0.39 is 18.0 Å². The fourth-order valence-corrected chi connectivity index (χ4v) is 3.55. The molecular weight excluding hydrogens is 394 g/mol. The first-order chi connectivity index (χ1) is 14.8. The van der Waals surface area contributed by atoms with Crippen LogP contribution in [0.15, 0.2) is 60.7 Å². The van der Waals surface area contributed by atoms with E-state index in [2.05, 4.69) is 0 Å². The van der Waals surface area contributed by atoms with Crippen molar-refractivity contribution >= 4 is 17.7 Å². The molecule has 0 fully saturated rings. The van der Waals surface area contributed by atoms with Gasteiger partial charge in [0.05, 0.1) is 0 Å². The molecule has 160 valence electrons. The van der Waals surface area contributed by atoms with Gasteiger partial charge < -0.3 is 14.0 Å². The number of ketones is 1. The zero-order chi connectivity index (χ0) is 22.5. The molecule has 0 aliphatic carbocycles. The van der Waals surface area contributed by atoms with Crippen LogP contribution in [0.1, 0.15) is 52.8 Å². The van der Waals surface area contributed by atoms with Crippen molar-refractivity contribution in [3.8, 4) is 5.75 Å². The minimum Gasteiger partial charge on any atom is -0.459 e. The summed E-state index contributed by atoms with van der Waals surface area (Å²) in [4.78, 5) is 36.5. The molecule has 0 aliphatic rings. The van der Waals surface area contributed by atoms with Crippen molar-refractivity contribution in [3.05, 3.63) is 88.7 Å². The third-order valence-corrected chi connectivity index (χ3v) is 5.06. The van der Waals surface area contributed by atoms with Crippen LogP contribution in [-0.4, -0.2) is 22.3 Å². The Morgan fingerprint density at radius 3 is 2.23 bits per heavy atom. The lowest BCUT2D eigenvalue weighted by atomic mass is 10.0. The molecule has 1 unspecified atom stereocenters. The standard InChI is InChI=1S/C25H25NO5/c1-16-14-23(24(28)21-8-6-5-7-9-21)17(2)26(16)18(3)25(29)30-15-20-10-12-22(13-11-20)31-19(4)27/h5-14,18H,15H2,1-4H3. The van der Waals surface area contributed by atoms with Crippen LogP contribution in [0.5, 0.6) is 5.75 Å². The lowest BCUT2D eigenvalue weighted by Crippen LogP contribution is -2.21. The first-order valence-electron chi connectivity index (χ1n) is 10.00. The number of hydrogen-bond donors (Lipinski definition) is 0. The Morgan fingerprint density at radius 1 is 0.968 bits per heavy atom. The molecule has 1 aromatic heterocycles. The number of nitrogens with zero attached hydrogens (tertiary/aromatic N) is 1. The second-order valence-corrected chi connectivity index (χ2v) is 7.37. The Balaban J connectivity index is 1.70. The van der Waals surface area contributed by atoms with Crippen LogP contribution in [0.25, 0.3) is 0 Å². The van der Waals surface area contributed by atoms with Gasteiger partial charge in [-0.05, 0) is 44.5 Å². The highest BCUT2D eigenvalue weighted by molar-refractivity contribution is 6.10. The fraction of sp³-hybridized carbons (Fsp3) is 0.240. The van der Waals surface area contributed by atoms with E-state index in [0.29, 0.717) is 16.9 Å². The largest absolute Gasteiger partial charge is 0.459 e. The van der Waals surface area contributed by atoms with Crippen LogP contribution < -0.4 is 4.74 Å². The molecule has 3 rings (SSSR count). The van der Waals surface area contributed by atoms with Gasteiger partial charge in [0.1, 0.15) is 18.4 Å². The number of carbonyl (C=O) groups is 3. The first kappa shape index (κ1) is 22.0. The van der Waals surface area contributed by atoms with Gasteiger partial charge in [0.15, 0.2) is 5.78 Å². The zero-order valence-corrected chi connectivity index (χ0v) is 18.0. The maximum absolute atomic E-state index is 12.9. The van der Waals surface area contributed by atoms with Gasteiger partial charge in [-0.2, -0.15) is 0 Å². The summed E-state index contributed by atoms with van der Waals surface area (Å²) in [6, 6.07) is 17.1. The van der Waals surface area contributed by atoms with Crippen molar-refractivity contribution in [2.45, 2.75) is 40.3 Å². The number of rotatable bonds is 7. The summed E-state index contributed by atoms with van der Waals surface area (Å²) in [5.74, 6) is -0.432. The average Bonchev–Trinajstić information content (AvgIpc) is 3.06. The van der Waals surface area contributed by atoms with E-state index in [4.69, 9.17) is 9.47 Å². The smallest absolute Gasteiger partial charge is 0.329 e. The van der Waals surface area contributed by atoms with E-state index in [0.717, 1.165) is 17.0 Å². The molecule has 1 atom stereocenters. The summed E-state index contributed by atoms with van der Waals surface area (Å²) in [6.07, 6.45) is 0. The number of aryl methyl sites for hydroxylation is 1. The molecule has 31 heavy (non-hydrogen) atoms. The molecule has 0 spiro atoms. The third kappa shape index (κ3) is 5.09. The second-order valence-electron chi connectivity index (χ2n) is 7.37. The van der Waals surface area contributed by atoms with Crippen LogP contribution in [0.4, 0.5) is 0 Å². The summed E-state index contributed by atoms with van der Waals surface area (Å²) in [7, 11) is 0. The highest BCUT2D eigenvalue weighted by Gasteiger charge is 2.24. The quantitative estimate of drug-likeness (QED) is 0.319. The van der Waals surface area contributed by atoms with Gasteiger partial charge in [0.2, 0.25) is 0 Å². The maximum Gasteiger partial charge on any atom is 0.329 e. The number of esters is 2. The minimum absolute atomic E-state index is 0.0756. The van der Waals surface area contributed by atoms with Gasteiger partial charge in [0, 0.05) is 29.4 Å². The van der Waals surface area contributed by atoms with Crippen LogP contribution in [0, 0.1) is 13.8 Å². The molecule has 6 nitrogen and oxygen atoms in total. The van der Waals surface area contributed by atoms with Gasteiger partial charge >= 0.3 is 11.9 Å². The zero-order valence-electron chi connectivity index (χ0n) is 18.0. The maximum atomic E-state index is 12.9. The minimum atomic E-state index is -0.586. The van der Waals surface area contributed by atoms with Gasteiger partial charge in [0.25, 0.3) is 0 Å². The predicted octanol–water partition coefficient (Wildman–Crippen LogP) is 4.57. The molecule has 3 aromatic rings. The number of ether oxygens (including phenoxy) is 2. The summed E-state index contributed by atoms with van der Waals surface area (Å²) in [5, 5.41) is 0. The van der Waals surface area contributed by atoms with Crippen LogP contribution >= 0.6 is 0 Å². The molecule has 0 radical (unpaired) electrons. The molecular formula is C25H25NO5. The van der Waals surface area contributed by atoms with E-state index in [-0.39, 0.29) is 12.4 Å². The van der Waals surface area contributed by atoms with Crippen LogP contribution in [-0.2, 0) is 20.9 Å². The molecule has 0 amide bonds. The Labute approximate surface area is 181 Å². The van der Waals surface area contributed by atoms with E-state index in [1.165, 1.54) is 6.92 Å². The number of carbonyl (C=O) groups excluding carboxylic acids is 3. The number of hydrogen-bond acceptors (Lipinski definition) is 5. The molecule has 2 aromatic carbocycles. The average molecular weight is 419 g/mol. The van der Waals surface area contributed by atoms with Crippen molar-refractivity contribution in [1.29, 1.82) is 0 Å². The summed E-state index contributed by atoms with van der Waals surface area (Å²) in [6.45, 7) is 6.88. The molecule has 0 saturated heterocycles. The second kappa shape index (κ2) is 9.43. The topological polar surface area (TPSA) is 74.6 Å². The van der Waals surface area contributed by atoms with Gasteiger partial charge in [-0.3, -0.25) is 9.59 Å². The molecule has 1 heterocycles. The molecule has 6 heteroatoms. The highest BCUT2D eigenvalue weighted by atomic mass is 16.5. The summed E-state index contributed by atoms with van der Waals surface area (Å²) < 4.78 is 12.3. The third-order valence-electron chi connectivity index (χ3n) is 5.06. The van der Waals surface area contributed by atoms with Crippen molar-refractivity contribution in [1.82, 2.24) is 4.57 Å².